The van der Waals surface area contributed by atoms with E-state index in [1.54, 1.807) is 4.90 Å². The summed E-state index contributed by atoms with van der Waals surface area (Å²) in [6.07, 6.45) is 2.85. The van der Waals surface area contributed by atoms with E-state index in [4.69, 9.17) is 0 Å². The summed E-state index contributed by atoms with van der Waals surface area (Å²) in [6, 6.07) is 17.4. The molecule has 0 saturated carbocycles. The molecule has 0 heterocycles. The molecule has 0 radical (unpaired) electrons. The van der Waals surface area contributed by atoms with Gasteiger partial charge in [0.15, 0.2) is 0 Å². The molecule has 0 aliphatic heterocycles. The molecule has 4 nitrogen and oxygen atoms in total. The van der Waals surface area contributed by atoms with Gasteiger partial charge in [-0.05, 0) is 30.9 Å². The first-order valence-electron chi connectivity index (χ1n) is 10.2. The second-order valence-corrected chi connectivity index (χ2v) is 7.24. The van der Waals surface area contributed by atoms with Gasteiger partial charge in [-0.2, -0.15) is 0 Å². The van der Waals surface area contributed by atoms with Crippen molar-refractivity contribution in [1.29, 1.82) is 0 Å². The Hall–Kier alpha value is -2.62. The fourth-order valence-electron chi connectivity index (χ4n) is 3.19. The Morgan fingerprint density at radius 2 is 1.64 bits per heavy atom. The fourth-order valence-corrected chi connectivity index (χ4v) is 3.19. The first kappa shape index (κ1) is 21.7. The van der Waals surface area contributed by atoms with Crippen molar-refractivity contribution in [1.82, 2.24) is 10.2 Å². The molecule has 1 N–H and O–H groups in total. The Bertz CT molecular complexity index is 741. The van der Waals surface area contributed by atoms with E-state index in [2.05, 4.69) is 12.2 Å². The minimum Gasteiger partial charge on any atom is -0.354 e. The highest BCUT2D eigenvalue weighted by atomic mass is 16.2. The monoisotopic (exact) mass is 380 g/mol. The predicted molar refractivity (Wildman–Crippen MR) is 114 cm³/mol. The van der Waals surface area contributed by atoms with Gasteiger partial charge in [-0.3, -0.25) is 9.59 Å². The second kappa shape index (κ2) is 11.3. The highest BCUT2D eigenvalue weighted by Crippen LogP contribution is 2.15. The Kier molecular flexibility index (Phi) is 8.73. The zero-order valence-corrected chi connectivity index (χ0v) is 17.3. The van der Waals surface area contributed by atoms with Crippen LogP contribution in [0.4, 0.5) is 0 Å². The third-order valence-corrected chi connectivity index (χ3v) is 4.89. The van der Waals surface area contributed by atoms with Gasteiger partial charge in [0.1, 0.15) is 6.04 Å². The number of aryl methyl sites for hydroxylation is 1. The lowest BCUT2D eigenvalue weighted by Gasteiger charge is -2.31. The van der Waals surface area contributed by atoms with Gasteiger partial charge in [-0.25, -0.2) is 0 Å². The second-order valence-electron chi connectivity index (χ2n) is 7.24. The minimum absolute atomic E-state index is 0.0238. The lowest BCUT2D eigenvalue weighted by molar-refractivity contribution is -0.140. The van der Waals surface area contributed by atoms with E-state index in [1.807, 2.05) is 68.4 Å². The van der Waals surface area contributed by atoms with Gasteiger partial charge < -0.3 is 10.2 Å². The van der Waals surface area contributed by atoms with Gasteiger partial charge in [0.05, 0.1) is 6.42 Å². The van der Waals surface area contributed by atoms with Gasteiger partial charge in [-0.15, -0.1) is 0 Å². The van der Waals surface area contributed by atoms with E-state index >= 15 is 0 Å². The van der Waals surface area contributed by atoms with Crippen LogP contribution in [0.1, 0.15) is 49.8 Å². The lowest BCUT2D eigenvalue weighted by Crippen LogP contribution is -2.49. The molecule has 0 spiro atoms. The van der Waals surface area contributed by atoms with Crippen molar-refractivity contribution in [3.05, 3.63) is 71.3 Å². The maximum absolute atomic E-state index is 13.2. The molecule has 0 saturated heterocycles. The molecule has 2 rings (SSSR count). The van der Waals surface area contributed by atoms with Crippen molar-refractivity contribution in [3.8, 4) is 0 Å². The topological polar surface area (TPSA) is 49.4 Å². The highest BCUT2D eigenvalue weighted by Gasteiger charge is 2.28. The Labute approximate surface area is 169 Å². The molecule has 0 bridgehead atoms. The molecule has 1 atom stereocenters. The van der Waals surface area contributed by atoms with Crippen molar-refractivity contribution >= 4 is 11.8 Å². The van der Waals surface area contributed by atoms with E-state index in [1.165, 1.54) is 5.56 Å². The number of carbonyl (C=O) groups excluding carboxylic acids is 2. The molecule has 0 fully saturated rings. The number of carbonyl (C=O) groups is 2. The van der Waals surface area contributed by atoms with Gasteiger partial charge in [0.25, 0.3) is 0 Å². The van der Waals surface area contributed by atoms with Crippen LogP contribution >= 0.6 is 0 Å². The highest BCUT2D eigenvalue weighted by molar-refractivity contribution is 5.88. The van der Waals surface area contributed by atoms with Crippen molar-refractivity contribution in [2.45, 2.75) is 59.0 Å². The van der Waals surface area contributed by atoms with E-state index in [0.717, 1.165) is 24.0 Å². The Balaban J connectivity index is 2.21. The van der Waals surface area contributed by atoms with Crippen molar-refractivity contribution in [3.63, 3.8) is 0 Å². The average Bonchev–Trinajstić information content (AvgIpc) is 2.70. The zero-order valence-electron chi connectivity index (χ0n) is 17.3. The van der Waals surface area contributed by atoms with Crippen LogP contribution in [0.25, 0.3) is 0 Å². The number of nitrogens with one attached hydrogen (secondary N) is 1. The van der Waals surface area contributed by atoms with Gasteiger partial charge in [0, 0.05) is 13.1 Å². The maximum Gasteiger partial charge on any atom is 0.242 e. The van der Waals surface area contributed by atoms with Crippen LogP contribution in [0.2, 0.25) is 0 Å². The molecular weight excluding hydrogens is 348 g/mol. The summed E-state index contributed by atoms with van der Waals surface area (Å²) in [6.45, 7) is 7.18. The molecule has 2 aromatic rings. The average molecular weight is 381 g/mol. The van der Waals surface area contributed by atoms with E-state index in [-0.39, 0.29) is 11.8 Å². The van der Waals surface area contributed by atoms with Crippen molar-refractivity contribution in [2.75, 3.05) is 6.54 Å². The first-order chi connectivity index (χ1) is 13.5. The van der Waals surface area contributed by atoms with Gasteiger partial charge >= 0.3 is 0 Å². The molecule has 0 aromatic heterocycles. The molecule has 0 aliphatic carbocycles. The molecule has 2 amide bonds. The third kappa shape index (κ3) is 6.52. The van der Waals surface area contributed by atoms with Crippen molar-refractivity contribution in [2.24, 2.45) is 0 Å². The van der Waals surface area contributed by atoms with Gasteiger partial charge in [-0.1, -0.05) is 80.4 Å². The third-order valence-electron chi connectivity index (χ3n) is 4.89. The minimum atomic E-state index is -0.464. The number of amides is 2. The van der Waals surface area contributed by atoms with E-state index in [9.17, 15) is 9.59 Å². The molecule has 0 aliphatic rings. The van der Waals surface area contributed by atoms with Crippen LogP contribution in [-0.2, 0) is 22.6 Å². The summed E-state index contributed by atoms with van der Waals surface area (Å²) in [5.41, 5.74) is 3.17. The predicted octanol–water partition coefficient (Wildman–Crippen LogP) is 4.26. The summed E-state index contributed by atoms with van der Waals surface area (Å²) >= 11 is 0. The quantitative estimate of drug-likeness (QED) is 0.626. The smallest absolute Gasteiger partial charge is 0.242 e. The van der Waals surface area contributed by atoms with Crippen LogP contribution in [0.3, 0.4) is 0 Å². The van der Waals surface area contributed by atoms with Crippen LogP contribution < -0.4 is 5.32 Å². The number of unbranched alkanes of at least 4 members (excludes halogenated alkanes) is 1. The number of hydrogen-bond acceptors (Lipinski definition) is 2. The normalized spacial score (nSPS) is 11.7. The SMILES string of the molecule is CCCCNC(=O)[C@@H](CC)N(Cc1ccc(C)cc1)C(=O)Cc1ccccc1. The van der Waals surface area contributed by atoms with Crippen LogP contribution in [0.5, 0.6) is 0 Å². The molecule has 28 heavy (non-hydrogen) atoms. The number of hydrogen-bond donors (Lipinski definition) is 1. The molecule has 0 unspecified atom stereocenters. The van der Waals surface area contributed by atoms with E-state index in [0.29, 0.717) is 25.9 Å². The molecular formula is C24H32N2O2. The summed E-state index contributed by atoms with van der Waals surface area (Å²) < 4.78 is 0. The van der Waals surface area contributed by atoms with Gasteiger partial charge in [0.2, 0.25) is 11.8 Å². The Morgan fingerprint density at radius 3 is 2.25 bits per heavy atom. The summed E-state index contributed by atoms with van der Waals surface area (Å²) in [4.78, 5) is 27.7. The summed E-state index contributed by atoms with van der Waals surface area (Å²) in [7, 11) is 0. The summed E-state index contributed by atoms with van der Waals surface area (Å²) in [5, 5.41) is 3.00. The molecule has 2 aromatic carbocycles. The van der Waals surface area contributed by atoms with Crippen molar-refractivity contribution < 1.29 is 9.59 Å². The standard InChI is InChI=1S/C24H32N2O2/c1-4-6-16-25-24(28)22(5-2)26(18-21-14-12-19(3)13-15-21)23(27)17-20-10-8-7-9-11-20/h7-15,22H,4-6,16-18H2,1-3H3,(H,25,28)/t22-/m1/s1. The number of rotatable bonds is 10. The van der Waals surface area contributed by atoms with Crippen LogP contribution in [-0.4, -0.2) is 29.3 Å². The molecule has 4 heteroatoms. The number of benzene rings is 2. The summed E-state index contributed by atoms with van der Waals surface area (Å²) in [5.74, 6) is -0.0891. The largest absolute Gasteiger partial charge is 0.354 e. The first-order valence-corrected chi connectivity index (χ1v) is 10.2. The lowest BCUT2D eigenvalue weighted by atomic mass is 10.1. The van der Waals surface area contributed by atoms with E-state index < -0.39 is 6.04 Å². The zero-order chi connectivity index (χ0) is 20.4. The van der Waals surface area contributed by atoms with Crippen LogP contribution in [0, 0.1) is 6.92 Å². The van der Waals surface area contributed by atoms with Crippen LogP contribution in [0.15, 0.2) is 54.6 Å². The number of nitrogens with zero attached hydrogens (tertiary/aromatic N) is 1. The molecule has 150 valence electrons. The Morgan fingerprint density at radius 1 is 0.964 bits per heavy atom. The fraction of sp³-hybridized carbons (Fsp3) is 0.417. The maximum atomic E-state index is 13.2.